The van der Waals surface area contributed by atoms with E-state index in [0.717, 1.165) is 61.2 Å². The Bertz CT molecular complexity index is 1440. The van der Waals surface area contributed by atoms with Crippen LogP contribution in [0.15, 0.2) is 41.2 Å². The number of fused-ring (bicyclic) bond motifs is 3. The monoisotopic (exact) mass is 573 g/mol. The predicted molar refractivity (Wildman–Crippen MR) is 156 cm³/mol. The van der Waals surface area contributed by atoms with Gasteiger partial charge in [-0.25, -0.2) is 14.4 Å². The fourth-order valence-electron chi connectivity index (χ4n) is 8.17. The molecule has 6 saturated carbocycles. The largest absolute Gasteiger partial charge is 0.464 e. The lowest BCUT2D eigenvalue weighted by atomic mass is 9.41. The van der Waals surface area contributed by atoms with Crippen LogP contribution in [0.25, 0.3) is 11.1 Å². The molecule has 2 heterocycles. The van der Waals surface area contributed by atoms with E-state index in [1.165, 1.54) is 0 Å². The van der Waals surface area contributed by atoms with Gasteiger partial charge in [0.25, 0.3) is 0 Å². The van der Waals surface area contributed by atoms with Crippen LogP contribution in [0.2, 0.25) is 0 Å². The second kappa shape index (κ2) is 9.85. The van der Waals surface area contributed by atoms with Gasteiger partial charge in [0, 0.05) is 47.9 Å². The zero-order valence-electron chi connectivity index (χ0n) is 24.9. The molecule has 9 heteroatoms. The maximum Gasteiger partial charge on any atom is 0.316 e. The molecule has 8 nitrogen and oxygen atoms in total. The van der Waals surface area contributed by atoms with Crippen LogP contribution in [0.5, 0.6) is 6.01 Å². The van der Waals surface area contributed by atoms with Gasteiger partial charge < -0.3 is 14.2 Å². The first kappa shape index (κ1) is 27.5. The molecule has 2 aromatic heterocycles. The third-order valence-electron chi connectivity index (χ3n) is 10.6. The van der Waals surface area contributed by atoms with Crippen LogP contribution in [-0.2, 0) is 10.2 Å². The molecule has 6 fully saturated rings. The van der Waals surface area contributed by atoms with Crippen LogP contribution >= 0.6 is 0 Å². The van der Waals surface area contributed by atoms with Gasteiger partial charge in [-0.15, -0.1) is 0 Å². The molecule has 3 aromatic rings. The van der Waals surface area contributed by atoms with Gasteiger partial charge in [0.15, 0.2) is 5.82 Å². The Labute approximate surface area is 246 Å². The Balaban J connectivity index is 1.13. The number of carbonyl (C=O) groups is 1. The minimum absolute atomic E-state index is 0.0257. The second-order valence-electron chi connectivity index (χ2n) is 14.0. The van der Waals surface area contributed by atoms with E-state index < -0.39 is 5.67 Å². The van der Waals surface area contributed by atoms with Crippen LogP contribution in [-0.4, -0.2) is 44.8 Å². The summed E-state index contributed by atoms with van der Waals surface area (Å²) in [6.07, 6.45) is 11.6. The van der Waals surface area contributed by atoms with Crippen molar-refractivity contribution >= 4 is 11.6 Å². The van der Waals surface area contributed by atoms with E-state index in [2.05, 4.69) is 35.0 Å². The lowest BCUT2D eigenvalue weighted by Gasteiger charge is -2.66. The number of aromatic nitrogens is 4. The lowest BCUT2D eigenvalue weighted by molar-refractivity contribution is -0.215. The molecule has 0 atom stereocenters. The highest BCUT2D eigenvalue weighted by Crippen LogP contribution is 2.71. The zero-order chi connectivity index (χ0) is 29.2. The highest BCUT2D eigenvalue weighted by atomic mass is 19.1. The molecule has 0 N–H and O–H groups in total. The van der Waals surface area contributed by atoms with Gasteiger partial charge in [0.05, 0.1) is 6.61 Å². The Hall–Kier alpha value is -3.36. The summed E-state index contributed by atoms with van der Waals surface area (Å²) in [5, 5.41) is 4.41. The number of amides is 1. The molecule has 222 valence electrons. The maximum atomic E-state index is 14.4. The normalized spacial score (nSPS) is 31.0. The lowest BCUT2D eigenvalue weighted by Crippen LogP contribution is -2.65. The molecule has 0 spiro atoms. The molecule has 6 aliphatic rings. The summed E-state index contributed by atoms with van der Waals surface area (Å²) >= 11 is 0. The summed E-state index contributed by atoms with van der Waals surface area (Å²) in [5.41, 5.74) is 1.54. The van der Waals surface area contributed by atoms with Crippen molar-refractivity contribution < 1.29 is 18.4 Å². The third-order valence-corrected chi connectivity index (χ3v) is 10.6. The standard InChI is InChI=1S/C33H40FN5O3/c1-4-41-29-35-16-24(17-36-29)23-6-5-7-25(14-23)39(26(40)15-31-18-33(34,19-31)20-31)21-30-8-11-32(12-9-30,13-10-30)28-37-27(22(2)3)42-38-28/h5-7,14,16-17,22H,4,8-13,15,18-21H2,1-3H3. The SMILES string of the molecule is CCOc1ncc(-c2cccc(N(CC34CCC(c5noc(C(C)C)n5)(CC3)CC4)C(=O)CC34CC(F)(C3)C4)c2)cn1. The Kier molecular flexibility index (Phi) is 6.44. The smallest absolute Gasteiger partial charge is 0.316 e. The summed E-state index contributed by atoms with van der Waals surface area (Å²) in [6, 6.07) is 8.45. The molecule has 0 saturated heterocycles. The van der Waals surface area contributed by atoms with E-state index in [0.29, 0.717) is 50.7 Å². The van der Waals surface area contributed by atoms with Crippen LogP contribution in [0.4, 0.5) is 10.1 Å². The molecule has 1 aromatic carbocycles. The second-order valence-corrected chi connectivity index (χ2v) is 14.0. The molecule has 4 bridgehead atoms. The number of benzene rings is 1. The molecule has 1 amide bonds. The Morgan fingerprint density at radius 2 is 1.71 bits per heavy atom. The van der Waals surface area contributed by atoms with Crippen molar-refractivity contribution in [2.75, 3.05) is 18.1 Å². The Morgan fingerprint density at radius 1 is 1.02 bits per heavy atom. The van der Waals surface area contributed by atoms with Gasteiger partial charge in [-0.2, -0.15) is 4.98 Å². The molecule has 0 radical (unpaired) electrons. The number of hydrogen-bond donors (Lipinski definition) is 0. The molecule has 0 unspecified atom stereocenters. The van der Waals surface area contributed by atoms with Crippen molar-refractivity contribution in [1.29, 1.82) is 0 Å². The fraction of sp³-hybridized carbons (Fsp3) is 0.606. The number of carbonyl (C=O) groups excluding carboxylic acids is 1. The van der Waals surface area contributed by atoms with Crippen molar-refractivity contribution in [2.45, 2.75) is 102 Å². The maximum absolute atomic E-state index is 14.4. The van der Waals surface area contributed by atoms with Crippen molar-refractivity contribution in [3.8, 4) is 17.1 Å². The van der Waals surface area contributed by atoms with Gasteiger partial charge in [-0.1, -0.05) is 31.1 Å². The van der Waals surface area contributed by atoms with Crippen LogP contribution in [0, 0.1) is 10.8 Å². The number of anilines is 1. The van der Waals surface area contributed by atoms with Gasteiger partial charge in [0.2, 0.25) is 11.8 Å². The van der Waals surface area contributed by atoms with E-state index in [1.807, 2.05) is 30.0 Å². The number of halogens is 1. The van der Waals surface area contributed by atoms with Crippen LogP contribution in [0.3, 0.4) is 0 Å². The first-order chi connectivity index (χ1) is 20.1. The molecular weight excluding hydrogens is 533 g/mol. The average Bonchev–Trinajstić information content (AvgIpc) is 3.48. The summed E-state index contributed by atoms with van der Waals surface area (Å²) in [5.74, 6) is 1.89. The average molecular weight is 574 g/mol. The van der Waals surface area contributed by atoms with E-state index in [1.54, 1.807) is 12.4 Å². The van der Waals surface area contributed by atoms with Crippen molar-refractivity contribution in [2.24, 2.45) is 10.8 Å². The van der Waals surface area contributed by atoms with Gasteiger partial charge >= 0.3 is 6.01 Å². The quantitative estimate of drug-likeness (QED) is 0.259. The number of rotatable bonds is 10. The van der Waals surface area contributed by atoms with Crippen LogP contribution < -0.4 is 9.64 Å². The van der Waals surface area contributed by atoms with E-state index in [9.17, 15) is 9.18 Å². The molecule has 0 aliphatic heterocycles. The van der Waals surface area contributed by atoms with Gasteiger partial charge in [-0.3, -0.25) is 4.79 Å². The fourth-order valence-corrected chi connectivity index (χ4v) is 8.17. The molecule has 42 heavy (non-hydrogen) atoms. The summed E-state index contributed by atoms with van der Waals surface area (Å²) < 4.78 is 25.4. The third kappa shape index (κ3) is 4.69. The highest BCUT2D eigenvalue weighted by molar-refractivity contribution is 5.95. The number of alkyl halides is 1. The van der Waals surface area contributed by atoms with Gasteiger partial charge in [0.1, 0.15) is 5.67 Å². The highest BCUT2D eigenvalue weighted by Gasteiger charge is 2.69. The topological polar surface area (TPSA) is 94.2 Å². The van der Waals surface area contributed by atoms with E-state index in [4.69, 9.17) is 14.2 Å². The van der Waals surface area contributed by atoms with E-state index >= 15 is 0 Å². The summed E-state index contributed by atoms with van der Waals surface area (Å²) in [4.78, 5) is 29.5. The van der Waals surface area contributed by atoms with E-state index in [-0.39, 0.29) is 28.1 Å². The van der Waals surface area contributed by atoms with Crippen LogP contribution in [0.1, 0.15) is 103 Å². The number of ether oxygens (including phenoxy) is 1. The predicted octanol–water partition coefficient (Wildman–Crippen LogP) is 6.96. The molecule has 6 aliphatic carbocycles. The molecular formula is C33H40FN5O3. The first-order valence-electron chi connectivity index (χ1n) is 15.5. The van der Waals surface area contributed by atoms with Crippen molar-refractivity contribution in [1.82, 2.24) is 20.1 Å². The Morgan fingerprint density at radius 3 is 2.31 bits per heavy atom. The summed E-state index contributed by atoms with van der Waals surface area (Å²) in [7, 11) is 0. The number of nitrogens with zero attached hydrogens (tertiary/aromatic N) is 5. The zero-order valence-corrected chi connectivity index (χ0v) is 24.9. The van der Waals surface area contributed by atoms with Gasteiger partial charge in [-0.05, 0) is 93.2 Å². The first-order valence-corrected chi connectivity index (χ1v) is 15.5. The van der Waals surface area contributed by atoms with Crippen molar-refractivity contribution in [3.05, 3.63) is 48.4 Å². The number of hydrogen-bond acceptors (Lipinski definition) is 7. The minimum Gasteiger partial charge on any atom is -0.464 e. The van der Waals surface area contributed by atoms with Crippen molar-refractivity contribution in [3.63, 3.8) is 0 Å². The summed E-state index contributed by atoms with van der Waals surface area (Å²) in [6.45, 7) is 7.23. The minimum atomic E-state index is -1.02. The molecule has 9 rings (SSSR count).